The molecule has 1 heterocycles. The molecule has 0 radical (unpaired) electrons. The maximum Gasteiger partial charge on any atom is 0.338 e. The lowest BCUT2D eigenvalue weighted by Gasteiger charge is -2.05. The number of pyridine rings is 1. The van der Waals surface area contributed by atoms with Gasteiger partial charge in [-0.25, -0.2) is 9.36 Å². The Labute approximate surface area is 255 Å². The molecule has 0 atom stereocenters. The first-order chi connectivity index (χ1) is 20.3. The Kier molecular flexibility index (Phi) is 27.2. The molecule has 0 aromatic carbocycles. The first kappa shape index (κ1) is 37.4. The van der Waals surface area contributed by atoms with Crippen LogP contribution in [0.2, 0.25) is 0 Å². The van der Waals surface area contributed by atoms with E-state index in [4.69, 9.17) is 4.74 Å². The van der Waals surface area contributed by atoms with Crippen LogP contribution in [-0.2, 0) is 11.3 Å². The molecule has 1 aromatic rings. The fourth-order valence-corrected chi connectivity index (χ4v) is 5.48. The van der Waals surface area contributed by atoms with E-state index in [1.807, 2.05) is 24.5 Å². The molecule has 41 heavy (non-hydrogen) atoms. The van der Waals surface area contributed by atoms with Crippen LogP contribution >= 0.6 is 0 Å². The summed E-state index contributed by atoms with van der Waals surface area (Å²) in [6, 6.07) is 3.81. The average molecular weight is 571 g/mol. The van der Waals surface area contributed by atoms with E-state index in [9.17, 15) is 4.79 Å². The molecule has 1 rings (SSSR count). The van der Waals surface area contributed by atoms with Crippen molar-refractivity contribution in [2.24, 2.45) is 0 Å². The summed E-state index contributed by atoms with van der Waals surface area (Å²) >= 11 is 0. The Balaban J connectivity index is 1.92. The molecular weight excluding hydrogens is 502 g/mol. The minimum Gasteiger partial charge on any atom is -0.462 e. The van der Waals surface area contributed by atoms with Crippen molar-refractivity contribution < 1.29 is 14.1 Å². The zero-order valence-electron chi connectivity index (χ0n) is 27.5. The van der Waals surface area contributed by atoms with Gasteiger partial charge in [0.15, 0.2) is 12.4 Å². The van der Waals surface area contributed by atoms with E-state index in [1.54, 1.807) is 0 Å². The van der Waals surface area contributed by atoms with Crippen LogP contribution in [0.25, 0.3) is 0 Å². The number of unbranched alkanes of at least 4 members (excludes halogenated alkanes) is 23. The summed E-state index contributed by atoms with van der Waals surface area (Å²) < 4.78 is 7.69. The highest BCUT2D eigenvalue weighted by atomic mass is 16.5. The topological polar surface area (TPSA) is 30.2 Å². The number of aryl methyl sites for hydroxylation is 1. The SMILES string of the molecule is CCCCCCCC/C=C\CCCCCCCC[n+]1ccc(C(=O)OCCCCCCCCCCCCCC)cc1. The lowest BCUT2D eigenvalue weighted by molar-refractivity contribution is -0.697. The van der Waals surface area contributed by atoms with Gasteiger partial charge in [0.25, 0.3) is 0 Å². The molecule has 0 amide bonds. The Bertz CT molecular complexity index is 711. The van der Waals surface area contributed by atoms with Gasteiger partial charge in [0.1, 0.15) is 6.54 Å². The van der Waals surface area contributed by atoms with E-state index in [0.717, 1.165) is 19.4 Å². The van der Waals surface area contributed by atoms with Crippen molar-refractivity contribution in [3.05, 3.63) is 42.2 Å². The molecule has 0 unspecified atom stereocenters. The van der Waals surface area contributed by atoms with Gasteiger partial charge in [-0.1, -0.05) is 148 Å². The van der Waals surface area contributed by atoms with E-state index < -0.39 is 0 Å². The van der Waals surface area contributed by atoms with Gasteiger partial charge in [-0.15, -0.1) is 0 Å². The van der Waals surface area contributed by atoms with Gasteiger partial charge in [-0.3, -0.25) is 0 Å². The van der Waals surface area contributed by atoms with E-state index in [2.05, 4.69) is 30.6 Å². The molecule has 1 aromatic heterocycles. The monoisotopic (exact) mass is 571 g/mol. The van der Waals surface area contributed by atoms with Gasteiger partial charge in [0, 0.05) is 18.6 Å². The summed E-state index contributed by atoms with van der Waals surface area (Å²) in [4.78, 5) is 12.3. The fourth-order valence-electron chi connectivity index (χ4n) is 5.48. The molecule has 0 bridgehead atoms. The molecule has 0 fully saturated rings. The summed E-state index contributed by atoms with van der Waals surface area (Å²) in [6.45, 7) is 6.12. The number of carbonyl (C=O) groups excluding carboxylic acids is 1. The van der Waals surface area contributed by atoms with Crippen LogP contribution in [0.15, 0.2) is 36.7 Å². The summed E-state index contributed by atoms with van der Waals surface area (Å²) in [5, 5.41) is 0. The second-order valence-electron chi connectivity index (χ2n) is 12.3. The summed E-state index contributed by atoms with van der Waals surface area (Å²) in [5.41, 5.74) is 0.668. The largest absolute Gasteiger partial charge is 0.462 e. The van der Waals surface area contributed by atoms with Gasteiger partial charge in [-0.2, -0.15) is 0 Å². The predicted octanol–water partition coefficient (Wildman–Crippen LogP) is 11.9. The number of hydrogen-bond donors (Lipinski definition) is 0. The maximum atomic E-state index is 12.3. The lowest BCUT2D eigenvalue weighted by atomic mass is 10.1. The Hall–Kier alpha value is -1.64. The van der Waals surface area contributed by atoms with Crippen LogP contribution in [-0.4, -0.2) is 12.6 Å². The normalized spacial score (nSPS) is 11.5. The predicted molar refractivity (Wildman–Crippen MR) is 177 cm³/mol. The van der Waals surface area contributed by atoms with Gasteiger partial charge in [0.2, 0.25) is 0 Å². The zero-order valence-corrected chi connectivity index (χ0v) is 27.5. The van der Waals surface area contributed by atoms with Crippen LogP contribution in [0.1, 0.15) is 191 Å². The first-order valence-corrected chi connectivity index (χ1v) is 18.1. The second kappa shape index (κ2) is 29.8. The molecule has 0 saturated heterocycles. The molecule has 236 valence electrons. The molecule has 0 aliphatic heterocycles. The van der Waals surface area contributed by atoms with Crippen LogP contribution in [0.4, 0.5) is 0 Å². The van der Waals surface area contributed by atoms with Gasteiger partial charge < -0.3 is 4.74 Å². The third-order valence-electron chi connectivity index (χ3n) is 8.29. The molecule has 0 N–H and O–H groups in total. The quantitative estimate of drug-likeness (QED) is 0.0398. The van der Waals surface area contributed by atoms with Crippen molar-refractivity contribution in [1.29, 1.82) is 0 Å². The molecule has 0 aliphatic carbocycles. The average Bonchev–Trinajstić information content (AvgIpc) is 2.99. The van der Waals surface area contributed by atoms with Crippen LogP contribution in [0.5, 0.6) is 0 Å². The Morgan fingerprint density at radius 2 is 0.951 bits per heavy atom. The number of allylic oxidation sites excluding steroid dienone is 2. The Morgan fingerprint density at radius 3 is 1.41 bits per heavy atom. The van der Waals surface area contributed by atoms with E-state index in [1.165, 1.54) is 154 Å². The van der Waals surface area contributed by atoms with E-state index in [-0.39, 0.29) is 5.97 Å². The van der Waals surface area contributed by atoms with Crippen molar-refractivity contribution >= 4 is 5.97 Å². The van der Waals surface area contributed by atoms with E-state index in [0.29, 0.717) is 12.2 Å². The van der Waals surface area contributed by atoms with Crippen molar-refractivity contribution in [3.63, 3.8) is 0 Å². The number of rotatable bonds is 30. The van der Waals surface area contributed by atoms with Crippen LogP contribution < -0.4 is 4.57 Å². The van der Waals surface area contributed by atoms with Crippen molar-refractivity contribution in [2.75, 3.05) is 6.61 Å². The smallest absolute Gasteiger partial charge is 0.338 e. The van der Waals surface area contributed by atoms with Crippen molar-refractivity contribution in [2.45, 2.75) is 187 Å². The van der Waals surface area contributed by atoms with Crippen LogP contribution in [0.3, 0.4) is 0 Å². The molecule has 0 saturated carbocycles. The number of ether oxygens (including phenoxy) is 1. The first-order valence-electron chi connectivity index (χ1n) is 18.1. The third-order valence-corrected chi connectivity index (χ3v) is 8.29. The fraction of sp³-hybridized carbons (Fsp3) is 0.789. The zero-order chi connectivity index (χ0) is 29.5. The number of carbonyl (C=O) groups is 1. The summed E-state index contributed by atoms with van der Waals surface area (Å²) in [6.07, 6.45) is 43.4. The minimum absolute atomic E-state index is 0.183. The Morgan fingerprint density at radius 1 is 0.561 bits per heavy atom. The summed E-state index contributed by atoms with van der Waals surface area (Å²) in [5.74, 6) is -0.183. The highest BCUT2D eigenvalue weighted by Gasteiger charge is 2.09. The number of esters is 1. The van der Waals surface area contributed by atoms with Crippen molar-refractivity contribution in [1.82, 2.24) is 0 Å². The molecule has 3 heteroatoms. The number of aromatic nitrogens is 1. The lowest BCUT2D eigenvalue weighted by Crippen LogP contribution is -2.32. The maximum absolute atomic E-state index is 12.3. The molecule has 3 nitrogen and oxygen atoms in total. The second-order valence-corrected chi connectivity index (χ2v) is 12.3. The van der Waals surface area contributed by atoms with Gasteiger partial charge in [0.05, 0.1) is 12.2 Å². The third kappa shape index (κ3) is 24.6. The van der Waals surface area contributed by atoms with Crippen LogP contribution in [0, 0.1) is 0 Å². The number of hydrogen-bond acceptors (Lipinski definition) is 2. The van der Waals surface area contributed by atoms with Crippen molar-refractivity contribution in [3.8, 4) is 0 Å². The van der Waals surface area contributed by atoms with E-state index >= 15 is 0 Å². The minimum atomic E-state index is -0.183. The molecule has 0 aliphatic rings. The molecular formula is C38H68NO2+. The van der Waals surface area contributed by atoms with Gasteiger partial charge >= 0.3 is 5.97 Å². The van der Waals surface area contributed by atoms with Gasteiger partial charge in [-0.05, 0) is 38.5 Å². The summed E-state index contributed by atoms with van der Waals surface area (Å²) in [7, 11) is 0. The molecule has 0 spiro atoms. The number of nitrogens with zero attached hydrogens (tertiary/aromatic N) is 1. The highest BCUT2D eigenvalue weighted by molar-refractivity contribution is 5.88. The highest BCUT2D eigenvalue weighted by Crippen LogP contribution is 2.13. The standard InChI is InChI=1S/C38H68NO2/c1-3-5-7-9-11-13-15-17-18-19-20-21-23-25-27-29-33-39-34-31-37(32-35-39)38(40)41-36-30-28-26-24-22-16-14-12-10-8-6-4-2/h17-18,31-32,34-35H,3-16,19-30,33,36H2,1-2H3/q+1/b18-17-.